The number of ether oxygens (including phenoxy) is 1. The summed E-state index contributed by atoms with van der Waals surface area (Å²) in [5, 5.41) is 0. The summed E-state index contributed by atoms with van der Waals surface area (Å²) in [6.07, 6.45) is 0. The van der Waals surface area contributed by atoms with Crippen LogP contribution in [0.15, 0.2) is 36.4 Å². The van der Waals surface area contributed by atoms with E-state index in [1.165, 1.54) is 0 Å². The lowest BCUT2D eigenvalue weighted by atomic mass is 10.2. The molecular formula is C14H16F2N2O. The normalized spacial score (nSPS) is 10.8. The maximum absolute atomic E-state index is 12.3. The largest absolute Gasteiger partial charge is 0.434 e. The third-order valence-corrected chi connectivity index (χ3v) is 2.89. The van der Waals surface area contributed by atoms with Crippen molar-refractivity contribution in [2.45, 2.75) is 27.0 Å². The molecule has 0 aliphatic carbocycles. The zero-order valence-corrected chi connectivity index (χ0v) is 10.9. The predicted octanol–water partition coefficient (Wildman–Crippen LogP) is 3.45. The van der Waals surface area contributed by atoms with Crippen LogP contribution in [0.2, 0.25) is 0 Å². The van der Waals surface area contributed by atoms with Crippen molar-refractivity contribution in [1.82, 2.24) is 4.68 Å². The lowest BCUT2D eigenvalue weighted by Crippen LogP contribution is -2.17. The van der Waals surface area contributed by atoms with Gasteiger partial charge < -0.3 is 10.2 Å². The molecule has 1 aromatic carbocycles. The highest BCUT2D eigenvalue weighted by Crippen LogP contribution is 2.20. The first kappa shape index (κ1) is 13.4. The molecule has 0 unspecified atom stereocenters. The van der Waals surface area contributed by atoms with Gasteiger partial charge in [0.25, 0.3) is 0 Å². The Labute approximate surface area is 110 Å². The number of benzene rings is 1. The van der Waals surface area contributed by atoms with Crippen LogP contribution in [0.5, 0.6) is 5.75 Å². The number of hydrogen-bond donors (Lipinski definition) is 1. The molecule has 0 aliphatic heterocycles. The number of rotatable bonds is 5. The summed E-state index contributed by atoms with van der Waals surface area (Å²) in [4.78, 5) is 0. The minimum Gasteiger partial charge on any atom is -0.434 e. The molecule has 0 saturated heterocycles. The van der Waals surface area contributed by atoms with E-state index < -0.39 is 6.61 Å². The minimum atomic E-state index is -2.81. The lowest BCUT2D eigenvalue weighted by molar-refractivity contribution is -0.0504. The maximum Gasteiger partial charge on any atom is 0.387 e. The molecular weight excluding hydrogens is 250 g/mol. The second-order valence-corrected chi connectivity index (χ2v) is 4.27. The Balaban J connectivity index is 2.11. The maximum atomic E-state index is 12.3. The molecule has 0 aliphatic rings. The van der Waals surface area contributed by atoms with E-state index in [-0.39, 0.29) is 5.75 Å². The minimum absolute atomic E-state index is 0.201. The summed E-state index contributed by atoms with van der Waals surface area (Å²) >= 11 is 0. The fourth-order valence-electron chi connectivity index (χ4n) is 1.94. The van der Waals surface area contributed by atoms with Gasteiger partial charge in [-0.1, -0.05) is 18.2 Å². The number of para-hydroxylation sites is 1. The van der Waals surface area contributed by atoms with Crippen molar-refractivity contribution in [2.75, 3.05) is 5.43 Å². The van der Waals surface area contributed by atoms with E-state index in [9.17, 15) is 8.78 Å². The third kappa shape index (κ3) is 3.24. The molecule has 1 aromatic heterocycles. The standard InChI is InChI=1S/C14H16F2N2O/c1-10-7-8-11(2)18(10)17-9-12-5-3-4-6-13(12)19-14(15)16/h3-8,14,17H,9H2,1-2H3. The van der Waals surface area contributed by atoms with Crippen molar-refractivity contribution in [3.8, 4) is 5.75 Å². The number of nitrogens with one attached hydrogen (secondary N) is 1. The first-order valence-electron chi connectivity index (χ1n) is 5.99. The van der Waals surface area contributed by atoms with Gasteiger partial charge in [0.05, 0.1) is 6.54 Å². The van der Waals surface area contributed by atoms with Gasteiger partial charge in [-0.25, -0.2) is 0 Å². The molecule has 19 heavy (non-hydrogen) atoms. The number of alkyl halides is 2. The molecule has 102 valence electrons. The predicted molar refractivity (Wildman–Crippen MR) is 70.0 cm³/mol. The Morgan fingerprint density at radius 2 is 1.74 bits per heavy atom. The summed E-state index contributed by atoms with van der Waals surface area (Å²) in [5.41, 5.74) is 5.99. The molecule has 1 heterocycles. The first-order chi connectivity index (χ1) is 9.08. The molecule has 2 rings (SSSR count). The SMILES string of the molecule is Cc1ccc(C)n1NCc1ccccc1OC(F)F. The van der Waals surface area contributed by atoms with Crippen molar-refractivity contribution < 1.29 is 13.5 Å². The van der Waals surface area contributed by atoms with Crippen LogP contribution < -0.4 is 10.2 Å². The smallest absolute Gasteiger partial charge is 0.387 e. The molecule has 5 heteroatoms. The summed E-state index contributed by atoms with van der Waals surface area (Å²) in [6.45, 7) is 1.55. The van der Waals surface area contributed by atoms with Crippen LogP contribution in [-0.2, 0) is 6.54 Å². The Morgan fingerprint density at radius 3 is 2.37 bits per heavy atom. The topological polar surface area (TPSA) is 26.2 Å². The zero-order valence-electron chi connectivity index (χ0n) is 10.9. The molecule has 0 amide bonds. The quantitative estimate of drug-likeness (QED) is 0.897. The number of hydrogen-bond acceptors (Lipinski definition) is 2. The second kappa shape index (κ2) is 5.73. The van der Waals surface area contributed by atoms with E-state index >= 15 is 0 Å². The summed E-state index contributed by atoms with van der Waals surface area (Å²) in [6, 6.07) is 10.8. The average molecular weight is 266 g/mol. The highest BCUT2D eigenvalue weighted by Gasteiger charge is 2.09. The van der Waals surface area contributed by atoms with E-state index in [4.69, 9.17) is 0 Å². The fraction of sp³-hybridized carbons (Fsp3) is 0.286. The van der Waals surface area contributed by atoms with Crippen molar-refractivity contribution in [3.63, 3.8) is 0 Å². The Bertz CT molecular complexity index is 533. The fourth-order valence-corrected chi connectivity index (χ4v) is 1.94. The highest BCUT2D eigenvalue weighted by molar-refractivity contribution is 5.34. The van der Waals surface area contributed by atoms with E-state index in [0.29, 0.717) is 12.1 Å². The van der Waals surface area contributed by atoms with E-state index in [1.807, 2.05) is 30.7 Å². The van der Waals surface area contributed by atoms with Crippen LogP contribution in [0, 0.1) is 13.8 Å². The van der Waals surface area contributed by atoms with Crippen LogP contribution in [-0.4, -0.2) is 11.3 Å². The number of nitrogens with zero attached hydrogens (tertiary/aromatic N) is 1. The molecule has 0 bridgehead atoms. The van der Waals surface area contributed by atoms with Crippen LogP contribution in [0.1, 0.15) is 17.0 Å². The van der Waals surface area contributed by atoms with Crippen LogP contribution in [0.25, 0.3) is 0 Å². The van der Waals surface area contributed by atoms with Gasteiger partial charge in [-0.2, -0.15) is 8.78 Å². The number of halogens is 2. The van der Waals surface area contributed by atoms with Gasteiger partial charge >= 0.3 is 6.61 Å². The van der Waals surface area contributed by atoms with Gasteiger partial charge in [0.15, 0.2) is 0 Å². The Hall–Kier alpha value is -2.04. The van der Waals surface area contributed by atoms with Gasteiger partial charge in [0, 0.05) is 17.0 Å². The number of aryl methyl sites for hydroxylation is 2. The Morgan fingerprint density at radius 1 is 1.11 bits per heavy atom. The first-order valence-corrected chi connectivity index (χ1v) is 5.99. The van der Waals surface area contributed by atoms with Gasteiger partial charge in [0.1, 0.15) is 5.75 Å². The summed E-state index contributed by atoms with van der Waals surface area (Å²) in [7, 11) is 0. The summed E-state index contributed by atoms with van der Waals surface area (Å²) in [5.74, 6) is 0.201. The lowest BCUT2D eigenvalue weighted by Gasteiger charge is -2.15. The van der Waals surface area contributed by atoms with Crippen molar-refractivity contribution in [3.05, 3.63) is 53.3 Å². The van der Waals surface area contributed by atoms with Crippen LogP contribution >= 0.6 is 0 Å². The molecule has 0 atom stereocenters. The van der Waals surface area contributed by atoms with Crippen LogP contribution in [0.4, 0.5) is 8.78 Å². The van der Waals surface area contributed by atoms with Crippen molar-refractivity contribution in [2.24, 2.45) is 0 Å². The van der Waals surface area contributed by atoms with Gasteiger partial charge in [-0.05, 0) is 32.0 Å². The molecule has 1 N–H and O–H groups in total. The van der Waals surface area contributed by atoms with Crippen LogP contribution in [0.3, 0.4) is 0 Å². The highest BCUT2D eigenvalue weighted by atomic mass is 19.3. The second-order valence-electron chi connectivity index (χ2n) is 4.27. The molecule has 2 aromatic rings. The average Bonchev–Trinajstić information content (AvgIpc) is 2.68. The Kier molecular flexibility index (Phi) is 4.04. The van der Waals surface area contributed by atoms with Gasteiger partial charge in [-0.15, -0.1) is 0 Å². The van der Waals surface area contributed by atoms with E-state index in [1.54, 1.807) is 24.3 Å². The monoisotopic (exact) mass is 266 g/mol. The molecule has 0 radical (unpaired) electrons. The molecule has 0 saturated carbocycles. The van der Waals surface area contributed by atoms with Crippen molar-refractivity contribution >= 4 is 0 Å². The van der Waals surface area contributed by atoms with E-state index in [2.05, 4.69) is 10.2 Å². The van der Waals surface area contributed by atoms with Gasteiger partial charge in [0.2, 0.25) is 0 Å². The third-order valence-electron chi connectivity index (χ3n) is 2.89. The zero-order chi connectivity index (χ0) is 13.8. The van der Waals surface area contributed by atoms with E-state index in [0.717, 1.165) is 11.4 Å². The van der Waals surface area contributed by atoms with Gasteiger partial charge in [-0.3, -0.25) is 4.68 Å². The molecule has 0 fully saturated rings. The summed E-state index contributed by atoms with van der Waals surface area (Å²) < 4.78 is 31.0. The molecule has 0 spiro atoms. The molecule has 3 nitrogen and oxygen atoms in total. The van der Waals surface area contributed by atoms with Crippen molar-refractivity contribution in [1.29, 1.82) is 0 Å². The number of aromatic nitrogens is 1.